The van der Waals surface area contributed by atoms with Gasteiger partial charge in [-0.15, -0.1) is 0 Å². The molecule has 0 spiro atoms. The highest BCUT2D eigenvalue weighted by molar-refractivity contribution is 5.73. The molecule has 1 aliphatic carbocycles. The Morgan fingerprint density at radius 3 is 2.89 bits per heavy atom. The van der Waals surface area contributed by atoms with Crippen LogP contribution in [0.4, 0.5) is 10.6 Å². The van der Waals surface area contributed by atoms with Crippen molar-refractivity contribution in [2.24, 2.45) is 5.92 Å². The van der Waals surface area contributed by atoms with Gasteiger partial charge in [-0.25, -0.2) is 9.78 Å². The highest BCUT2D eigenvalue weighted by Gasteiger charge is 2.18. The van der Waals surface area contributed by atoms with Crippen molar-refractivity contribution in [3.05, 3.63) is 58.8 Å². The van der Waals surface area contributed by atoms with E-state index in [4.69, 9.17) is 0 Å². The molecule has 2 amide bonds. The van der Waals surface area contributed by atoms with Crippen molar-refractivity contribution >= 4 is 11.8 Å². The zero-order valence-electron chi connectivity index (χ0n) is 15.8. The number of hydrogen-bond acceptors (Lipinski definition) is 3. The van der Waals surface area contributed by atoms with Gasteiger partial charge < -0.3 is 16.0 Å². The second-order valence-corrected chi connectivity index (χ2v) is 7.60. The third-order valence-electron chi connectivity index (χ3n) is 5.62. The van der Waals surface area contributed by atoms with Gasteiger partial charge in [-0.1, -0.05) is 30.3 Å². The van der Waals surface area contributed by atoms with Crippen LogP contribution in [-0.4, -0.2) is 30.6 Å². The number of amides is 2. The minimum absolute atomic E-state index is 0.0788. The van der Waals surface area contributed by atoms with Gasteiger partial charge in [0.15, 0.2) is 0 Å². The standard InChI is InChI=1S/C22H28N4O/c27-22(25-15-16-7-8-17-4-1-2-5-19(17)14-16)24-13-11-20-10-9-18-6-3-12-23-21(18)26-20/h1-2,4-5,9-10,16H,3,6-8,11-15H2,(H,23,26)(H2,24,25,27). The van der Waals surface area contributed by atoms with E-state index < -0.39 is 0 Å². The lowest BCUT2D eigenvalue weighted by Gasteiger charge is -2.24. The third-order valence-corrected chi connectivity index (χ3v) is 5.62. The molecular weight excluding hydrogens is 336 g/mol. The van der Waals surface area contributed by atoms with Gasteiger partial charge >= 0.3 is 6.03 Å². The summed E-state index contributed by atoms with van der Waals surface area (Å²) in [5.41, 5.74) is 5.21. The van der Waals surface area contributed by atoms with Gasteiger partial charge in [-0.3, -0.25) is 0 Å². The molecule has 0 fully saturated rings. The molecule has 1 aromatic heterocycles. The molecule has 3 N–H and O–H groups in total. The van der Waals surface area contributed by atoms with Crippen LogP contribution >= 0.6 is 0 Å². The number of anilines is 1. The number of benzene rings is 1. The van der Waals surface area contributed by atoms with Crippen molar-refractivity contribution in [3.8, 4) is 0 Å². The Morgan fingerprint density at radius 1 is 1.07 bits per heavy atom. The van der Waals surface area contributed by atoms with Crippen LogP contribution in [0.5, 0.6) is 0 Å². The van der Waals surface area contributed by atoms with E-state index in [9.17, 15) is 4.79 Å². The number of rotatable bonds is 5. The summed E-state index contributed by atoms with van der Waals surface area (Å²) in [5, 5.41) is 9.35. The number of nitrogens with one attached hydrogen (secondary N) is 3. The Bertz CT molecular complexity index is 805. The summed E-state index contributed by atoms with van der Waals surface area (Å²) in [5.74, 6) is 1.54. The first-order valence-electron chi connectivity index (χ1n) is 10.1. The Hall–Kier alpha value is -2.56. The number of fused-ring (bicyclic) bond motifs is 2. The number of urea groups is 1. The lowest BCUT2D eigenvalue weighted by molar-refractivity contribution is 0.238. The predicted molar refractivity (Wildman–Crippen MR) is 108 cm³/mol. The highest BCUT2D eigenvalue weighted by Crippen LogP contribution is 2.24. The molecule has 142 valence electrons. The normalized spacial score (nSPS) is 18.0. The smallest absolute Gasteiger partial charge is 0.314 e. The van der Waals surface area contributed by atoms with Gasteiger partial charge in [0.05, 0.1) is 0 Å². The van der Waals surface area contributed by atoms with Gasteiger partial charge in [0.2, 0.25) is 0 Å². The number of pyridine rings is 1. The Kier molecular flexibility index (Phi) is 5.56. The largest absolute Gasteiger partial charge is 0.370 e. The molecule has 5 nitrogen and oxygen atoms in total. The summed E-state index contributed by atoms with van der Waals surface area (Å²) in [6.45, 7) is 2.34. The lowest BCUT2D eigenvalue weighted by atomic mass is 9.84. The highest BCUT2D eigenvalue weighted by atomic mass is 16.2. The summed E-state index contributed by atoms with van der Waals surface area (Å²) >= 11 is 0. The van der Waals surface area contributed by atoms with Crippen LogP contribution in [0.1, 0.15) is 35.2 Å². The van der Waals surface area contributed by atoms with Gasteiger partial charge in [0.25, 0.3) is 0 Å². The fraction of sp³-hybridized carbons (Fsp3) is 0.455. The maximum Gasteiger partial charge on any atom is 0.314 e. The predicted octanol–water partition coefficient (Wildman–Crippen LogP) is 3.09. The monoisotopic (exact) mass is 364 g/mol. The number of nitrogens with zero attached hydrogens (tertiary/aromatic N) is 1. The molecular formula is C22H28N4O. The van der Waals surface area contributed by atoms with Crippen LogP contribution < -0.4 is 16.0 Å². The zero-order chi connectivity index (χ0) is 18.5. The summed E-state index contributed by atoms with van der Waals surface area (Å²) in [7, 11) is 0. The lowest BCUT2D eigenvalue weighted by Crippen LogP contribution is -2.40. The molecule has 1 atom stereocenters. The minimum atomic E-state index is -0.0788. The first-order chi connectivity index (χ1) is 13.3. The van der Waals surface area contributed by atoms with Crippen LogP contribution in [0.25, 0.3) is 0 Å². The van der Waals surface area contributed by atoms with Crippen molar-refractivity contribution in [2.75, 3.05) is 25.0 Å². The first kappa shape index (κ1) is 17.8. The average molecular weight is 364 g/mol. The molecule has 0 saturated heterocycles. The number of hydrogen-bond donors (Lipinski definition) is 3. The maximum absolute atomic E-state index is 12.1. The van der Waals surface area contributed by atoms with E-state index in [1.54, 1.807) is 0 Å². The molecule has 1 unspecified atom stereocenters. The van der Waals surface area contributed by atoms with E-state index in [0.29, 0.717) is 12.5 Å². The van der Waals surface area contributed by atoms with E-state index in [1.807, 2.05) is 0 Å². The molecule has 2 heterocycles. The van der Waals surface area contributed by atoms with E-state index in [1.165, 1.54) is 23.1 Å². The molecule has 27 heavy (non-hydrogen) atoms. The number of aromatic nitrogens is 1. The Labute approximate surface area is 161 Å². The number of carbonyl (C=O) groups excluding carboxylic acids is 1. The van der Waals surface area contributed by atoms with E-state index in [2.05, 4.69) is 57.3 Å². The van der Waals surface area contributed by atoms with Crippen molar-refractivity contribution < 1.29 is 4.79 Å². The SMILES string of the molecule is O=C(NCCc1ccc2c(n1)NCCC2)NCC1CCc2ccccc2C1. The summed E-state index contributed by atoms with van der Waals surface area (Å²) in [6.07, 6.45) is 6.33. The molecule has 0 saturated carbocycles. The minimum Gasteiger partial charge on any atom is -0.370 e. The van der Waals surface area contributed by atoms with Crippen LogP contribution in [0.3, 0.4) is 0 Å². The number of carbonyl (C=O) groups is 1. The quantitative estimate of drug-likeness (QED) is 0.764. The van der Waals surface area contributed by atoms with Crippen molar-refractivity contribution in [1.29, 1.82) is 0 Å². The maximum atomic E-state index is 12.1. The van der Waals surface area contributed by atoms with Crippen molar-refractivity contribution in [1.82, 2.24) is 15.6 Å². The topological polar surface area (TPSA) is 66.0 Å². The van der Waals surface area contributed by atoms with Crippen LogP contribution in [0.2, 0.25) is 0 Å². The zero-order valence-corrected chi connectivity index (χ0v) is 15.8. The fourth-order valence-electron chi connectivity index (χ4n) is 4.06. The van der Waals surface area contributed by atoms with Crippen LogP contribution in [0, 0.1) is 5.92 Å². The third kappa shape index (κ3) is 4.59. The summed E-state index contributed by atoms with van der Waals surface area (Å²) in [6, 6.07) is 12.8. The molecule has 5 heteroatoms. The molecule has 0 radical (unpaired) electrons. The second-order valence-electron chi connectivity index (χ2n) is 7.60. The van der Waals surface area contributed by atoms with Gasteiger partial charge in [0.1, 0.15) is 5.82 Å². The van der Waals surface area contributed by atoms with Gasteiger partial charge in [0, 0.05) is 31.7 Å². The molecule has 2 aliphatic rings. The van der Waals surface area contributed by atoms with Crippen molar-refractivity contribution in [2.45, 2.75) is 38.5 Å². The summed E-state index contributed by atoms with van der Waals surface area (Å²) in [4.78, 5) is 16.8. The molecule has 1 aromatic carbocycles. The second kappa shape index (κ2) is 8.42. The van der Waals surface area contributed by atoms with E-state index in [-0.39, 0.29) is 6.03 Å². The van der Waals surface area contributed by atoms with E-state index in [0.717, 1.165) is 56.7 Å². The van der Waals surface area contributed by atoms with Crippen LogP contribution in [0.15, 0.2) is 36.4 Å². The molecule has 0 bridgehead atoms. The van der Waals surface area contributed by atoms with Gasteiger partial charge in [-0.2, -0.15) is 0 Å². The van der Waals surface area contributed by atoms with Crippen LogP contribution in [-0.2, 0) is 25.7 Å². The summed E-state index contributed by atoms with van der Waals surface area (Å²) < 4.78 is 0. The van der Waals surface area contributed by atoms with Gasteiger partial charge in [-0.05, 0) is 60.8 Å². The molecule has 1 aliphatic heterocycles. The number of aryl methyl sites for hydroxylation is 2. The molecule has 2 aromatic rings. The Balaban J connectivity index is 1.18. The van der Waals surface area contributed by atoms with E-state index >= 15 is 0 Å². The molecule has 4 rings (SSSR count). The van der Waals surface area contributed by atoms with Crippen molar-refractivity contribution in [3.63, 3.8) is 0 Å². The fourth-order valence-corrected chi connectivity index (χ4v) is 4.06. The average Bonchev–Trinajstić information content (AvgIpc) is 2.72. The Morgan fingerprint density at radius 2 is 1.96 bits per heavy atom. The first-order valence-corrected chi connectivity index (χ1v) is 10.1.